The summed E-state index contributed by atoms with van der Waals surface area (Å²) < 4.78 is 16.1. The van der Waals surface area contributed by atoms with Crippen molar-refractivity contribution < 1.29 is 24.8 Å². The summed E-state index contributed by atoms with van der Waals surface area (Å²) in [4.78, 5) is 4.59. The molecule has 0 unspecified atom stereocenters. The van der Waals surface area contributed by atoms with Gasteiger partial charge in [-0.3, -0.25) is 0 Å². The number of fused-ring (bicyclic) bond motifs is 2. The van der Waals surface area contributed by atoms with E-state index >= 15 is 0 Å². The standard InChI is InChI=1S/2C15H18O.C6H5N.2ClH.Ti/c2*1-10-8-9-13(16)14-11(10)6-5-7-12(14)15(2,3)4;1-6-4-2-3-5-7-6;;;/h2*5-9,16H,1-4H3;1-5H;2*1H;/q;;;;;+2/p-2. The van der Waals surface area contributed by atoms with Crippen LogP contribution in [0.1, 0.15) is 69.5 Å². The molecule has 0 radical (unpaired) electrons. The van der Waals surface area contributed by atoms with Gasteiger partial charge in [0.2, 0.25) is 0 Å². The van der Waals surface area contributed by atoms with Gasteiger partial charge in [0.1, 0.15) is 0 Å². The van der Waals surface area contributed by atoms with Gasteiger partial charge in [-0.2, -0.15) is 0 Å². The third kappa shape index (κ3) is 7.09. The van der Waals surface area contributed by atoms with E-state index < -0.39 is 18.2 Å². The molecular weight excluding hydrogens is 597 g/mol. The Morgan fingerprint density at radius 2 is 1.07 bits per heavy atom. The predicted octanol–water partition coefficient (Wildman–Crippen LogP) is 10.2. The fourth-order valence-corrected chi connectivity index (χ4v) is 7.44. The minimum atomic E-state index is -2.86. The summed E-state index contributed by atoms with van der Waals surface area (Å²) in [6, 6.07) is 27.6. The third-order valence-corrected chi connectivity index (χ3v) is 9.58. The van der Waals surface area contributed by atoms with Gasteiger partial charge in [-0.25, -0.2) is 0 Å². The number of rotatable bonds is 5. The van der Waals surface area contributed by atoms with Crippen LogP contribution in [0.2, 0.25) is 0 Å². The summed E-state index contributed by atoms with van der Waals surface area (Å²) in [7, 11) is 0. The Kier molecular flexibility index (Phi) is 10.7. The molecule has 0 spiro atoms. The number of hydrogen-bond donors (Lipinski definition) is 0. The van der Waals surface area contributed by atoms with E-state index in [0.29, 0.717) is 0 Å². The molecule has 6 heteroatoms. The van der Waals surface area contributed by atoms with Gasteiger partial charge in [-0.05, 0) is 0 Å². The Labute approximate surface area is 269 Å². The smallest absolute Gasteiger partial charge is 0.147 e. The fourth-order valence-electron chi connectivity index (χ4n) is 5.34. The first-order chi connectivity index (χ1) is 18.9. The van der Waals surface area contributed by atoms with Crippen LogP contribution in [0.3, 0.4) is 0 Å². The molecule has 0 bridgehead atoms. The SMILES string of the molecule is Cc1ccc([O][Ti](=[CH]c2ccccn2)[O]c2ccc(C)c3cccc(C(C)(C)C)c23)c2c(C(C)(C)C)cccc12.Cl.Cl. The average Bonchev–Trinajstić information content (AvgIpc) is 2.91. The first kappa shape index (κ1) is 33.8. The zero-order valence-corrected chi connectivity index (χ0v) is 28.9. The van der Waals surface area contributed by atoms with Gasteiger partial charge >= 0.3 is 246 Å². The normalized spacial score (nSPS) is 11.4. The maximum Gasteiger partial charge on any atom is -0.147 e. The molecule has 0 atom stereocenters. The number of hydrogen-bond acceptors (Lipinski definition) is 3. The number of benzene rings is 4. The van der Waals surface area contributed by atoms with E-state index in [0.717, 1.165) is 17.2 Å². The minimum Gasteiger partial charge on any atom is -0.147 e. The average molecular weight is 639 g/mol. The maximum atomic E-state index is 6.98. The van der Waals surface area contributed by atoms with Crippen molar-refractivity contribution in [2.24, 2.45) is 0 Å². The Morgan fingerprint density at radius 3 is 1.48 bits per heavy atom. The van der Waals surface area contributed by atoms with Crippen LogP contribution in [-0.2, 0) is 29.0 Å². The molecule has 0 saturated heterocycles. The largest absolute Gasteiger partial charge is 0.147 e. The Balaban J connectivity index is 0.00000242. The van der Waals surface area contributed by atoms with Gasteiger partial charge in [0.25, 0.3) is 0 Å². The van der Waals surface area contributed by atoms with Crippen LogP contribution < -0.4 is 6.64 Å². The zero-order chi connectivity index (χ0) is 28.7. The predicted molar refractivity (Wildman–Crippen MR) is 180 cm³/mol. The molecule has 0 aliphatic heterocycles. The summed E-state index contributed by atoms with van der Waals surface area (Å²) in [6.07, 6.45) is 1.82. The molecule has 1 aromatic heterocycles. The fraction of sp³-hybridized carbons (Fsp3) is 0.278. The number of aromatic nitrogens is 1. The summed E-state index contributed by atoms with van der Waals surface area (Å²) >= 11 is -2.86. The van der Waals surface area contributed by atoms with Crippen LogP contribution in [0.15, 0.2) is 85.1 Å². The van der Waals surface area contributed by atoms with Crippen molar-refractivity contribution in [3.05, 3.63) is 113 Å². The van der Waals surface area contributed by atoms with E-state index in [9.17, 15) is 0 Å². The van der Waals surface area contributed by atoms with Crippen LogP contribution >= 0.6 is 24.8 Å². The molecule has 3 nitrogen and oxygen atoms in total. The molecule has 5 rings (SSSR count). The van der Waals surface area contributed by atoms with Crippen LogP contribution in [0, 0.1) is 13.8 Å². The summed E-state index contributed by atoms with van der Waals surface area (Å²) in [5.74, 6) is 1.75. The second-order valence-corrected chi connectivity index (χ2v) is 14.7. The molecule has 0 N–H and O–H groups in total. The zero-order valence-electron chi connectivity index (χ0n) is 25.7. The van der Waals surface area contributed by atoms with Gasteiger partial charge < -0.3 is 0 Å². The minimum absolute atomic E-state index is 0. The van der Waals surface area contributed by atoms with Gasteiger partial charge in [-0.1, -0.05) is 0 Å². The van der Waals surface area contributed by atoms with Crippen molar-refractivity contribution in [1.82, 2.24) is 4.98 Å². The summed E-state index contributed by atoms with van der Waals surface area (Å²) in [5, 5.41) is 4.77. The van der Waals surface area contributed by atoms with E-state index in [2.05, 4.69) is 125 Å². The maximum absolute atomic E-state index is 6.98. The molecular formula is C36H41Cl2NO2Ti. The quantitative estimate of drug-likeness (QED) is 0.180. The van der Waals surface area contributed by atoms with Gasteiger partial charge in [0.15, 0.2) is 0 Å². The van der Waals surface area contributed by atoms with Crippen LogP contribution in [0.4, 0.5) is 0 Å². The Morgan fingerprint density at radius 1 is 0.595 bits per heavy atom. The Hall–Kier alpha value is -2.69. The second kappa shape index (κ2) is 13.3. The molecule has 0 aliphatic rings. The van der Waals surface area contributed by atoms with Gasteiger partial charge in [-0.15, -0.1) is 24.8 Å². The third-order valence-electron chi connectivity index (χ3n) is 7.43. The number of pyridine rings is 1. The molecule has 0 fully saturated rings. The van der Waals surface area contributed by atoms with Crippen LogP contribution in [0.25, 0.3) is 21.5 Å². The first-order valence-corrected chi connectivity index (χ1v) is 16.2. The van der Waals surface area contributed by atoms with Crippen molar-refractivity contribution in [2.45, 2.75) is 66.2 Å². The molecule has 0 aliphatic carbocycles. The van der Waals surface area contributed by atoms with Crippen molar-refractivity contribution in [3.8, 4) is 11.5 Å². The van der Waals surface area contributed by atoms with Gasteiger partial charge in [0, 0.05) is 0 Å². The molecule has 42 heavy (non-hydrogen) atoms. The van der Waals surface area contributed by atoms with E-state index in [4.69, 9.17) is 6.64 Å². The molecule has 0 amide bonds. The summed E-state index contributed by atoms with van der Waals surface area (Å²) in [6.45, 7) is 17.9. The molecule has 4 aromatic carbocycles. The number of aryl methyl sites for hydroxylation is 2. The van der Waals surface area contributed by atoms with Crippen molar-refractivity contribution in [3.63, 3.8) is 0 Å². The van der Waals surface area contributed by atoms with E-state index in [-0.39, 0.29) is 35.6 Å². The molecule has 220 valence electrons. The first-order valence-electron chi connectivity index (χ1n) is 14.0. The van der Waals surface area contributed by atoms with Crippen molar-refractivity contribution in [2.75, 3.05) is 0 Å². The van der Waals surface area contributed by atoms with E-state index in [1.165, 1.54) is 43.8 Å². The van der Waals surface area contributed by atoms with Crippen molar-refractivity contribution in [1.29, 1.82) is 0 Å². The second-order valence-electron chi connectivity index (χ2n) is 12.6. The Bertz CT molecular complexity index is 1630. The molecule has 1 heterocycles. The van der Waals surface area contributed by atoms with Crippen molar-refractivity contribution >= 4 is 50.7 Å². The summed E-state index contributed by atoms with van der Waals surface area (Å²) in [5.41, 5.74) is 5.83. The van der Waals surface area contributed by atoms with Crippen LogP contribution in [0.5, 0.6) is 11.5 Å². The molecule has 0 saturated carbocycles. The number of nitrogens with zero attached hydrogens (tertiary/aromatic N) is 1. The van der Waals surface area contributed by atoms with Gasteiger partial charge in [0.05, 0.1) is 0 Å². The monoisotopic (exact) mass is 637 g/mol. The van der Waals surface area contributed by atoms with E-state index in [1.54, 1.807) is 0 Å². The topological polar surface area (TPSA) is 31.4 Å². The van der Waals surface area contributed by atoms with Crippen LogP contribution in [-0.4, -0.2) is 9.30 Å². The van der Waals surface area contributed by atoms with E-state index in [1.807, 2.05) is 24.4 Å². The molecule has 5 aromatic rings. The number of halogens is 2.